The van der Waals surface area contributed by atoms with E-state index in [9.17, 15) is 4.55 Å². The highest BCUT2D eigenvalue weighted by atomic mass is 32.2. The minimum absolute atomic E-state index is 0.528. The molecule has 0 amide bonds. The zero-order chi connectivity index (χ0) is 10.1. The first-order chi connectivity index (χ1) is 6.66. The fraction of sp³-hybridized carbons (Fsp3) is 1.00. The summed E-state index contributed by atoms with van der Waals surface area (Å²) in [5.74, 6) is 1.77. The first-order valence-corrected chi connectivity index (χ1v) is 6.98. The maximum Gasteiger partial charge on any atom is 0.118 e. The molecule has 0 spiro atoms. The van der Waals surface area contributed by atoms with Crippen LogP contribution < -0.4 is 0 Å². The predicted molar refractivity (Wildman–Crippen MR) is 59.9 cm³/mol. The largest absolute Gasteiger partial charge is 0.616 e. The highest BCUT2D eigenvalue weighted by Crippen LogP contribution is 2.19. The van der Waals surface area contributed by atoms with Crippen molar-refractivity contribution in [1.82, 2.24) is 9.80 Å². The van der Waals surface area contributed by atoms with Gasteiger partial charge < -0.3 is 4.55 Å². The number of rotatable bonds is 2. The van der Waals surface area contributed by atoms with Crippen LogP contribution >= 0.6 is 0 Å². The minimum atomic E-state index is -0.528. The molecule has 2 fully saturated rings. The molecule has 0 saturated carbocycles. The van der Waals surface area contributed by atoms with E-state index in [1.165, 1.54) is 13.1 Å². The van der Waals surface area contributed by atoms with Crippen LogP contribution in [0.2, 0.25) is 0 Å². The lowest BCUT2D eigenvalue weighted by Crippen LogP contribution is -2.63. The topological polar surface area (TPSA) is 29.5 Å². The third-order valence-corrected chi connectivity index (χ3v) is 4.63. The molecule has 0 radical (unpaired) electrons. The normalized spacial score (nSPS) is 28.3. The molecule has 4 heteroatoms. The summed E-state index contributed by atoms with van der Waals surface area (Å²) in [5.41, 5.74) is 0. The van der Waals surface area contributed by atoms with E-state index in [0.717, 1.165) is 30.6 Å². The molecule has 2 rings (SSSR count). The Morgan fingerprint density at radius 3 is 2.29 bits per heavy atom. The second-order valence-electron chi connectivity index (χ2n) is 4.59. The molecule has 0 aromatic carbocycles. The fourth-order valence-corrected chi connectivity index (χ4v) is 3.24. The van der Waals surface area contributed by atoms with Crippen molar-refractivity contribution in [3.05, 3.63) is 0 Å². The summed E-state index contributed by atoms with van der Waals surface area (Å²) < 4.78 is 11.2. The molecule has 0 aliphatic carbocycles. The summed E-state index contributed by atoms with van der Waals surface area (Å²) in [5, 5.41) is 0. The molecule has 3 nitrogen and oxygen atoms in total. The minimum Gasteiger partial charge on any atom is -0.616 e. The Morgan fingerprint density at radius 1 is 1.21 bits per heavy atom. The molecular formula is C10H20N2OS. The van der Waals surface area contributed by atoms with Crippen LogP contribution in [0.3, 0.4) is 0 Å². The first kappa shape index (κ1) is 10.7. The Balaban J connectivity index is 1.72. The van der Waals surface area contributed by atoms with Crippen molar-refractivity contribution in [2.24, 2.45) is 0 Å². The van der Waals surface area contributed by atoms with Gasteiger partial charge in [-0.3, -0.25) is 9.80 Å². The molecule has 0 atom stereocenters. The molecule has 0 bridgehead atoms. The van der Waals surface area contributed by atoms with Crippen molar-refractivity contribution in [3.8, 4) is 0 Å². The monoisotopic (exact) mass is 216 g/mol. The van der Waals surface area contributed by atoms with E-state index in [0.29, 0.717) is 6.04 Å². The smallest absolute Gasteiger partial charge is 0.118 e. The zero-order valence-electron chi connectivity index (χ0n) is 9.11. The van der Waals surface area contributed by atoms with E-state index < -0.39 is 11.2 Å². The molecule has 2 saturated heterocycles. The fourth-order valence-electron chi connectivity index (χ4n) is 2.16. The summed E-state index contributed by atoms with van der Waals surface area (Å²) in [4.78, 5) is 5.01. The quantitative estimate of drug-likeness (QED) is 0.615. The average Bonchev–Trinajstić information content (AvgIpc) is 2.05. The van der Waals surface area contributed by atoms with Crippen molar-refractivity contribution in [2.75, 3.05) is 37.7 Å². The Morgan fingerprint density at radius 2 is 1.79 bits per heavy atom. The third-order valence-electron chi connectivity index (χ3n) is 3.35. The van der Waals surface area contributed by atoms with Gasteiger partial charge in [-0.2, -0.15) is 0 Å². The molecule has 2 aliphatic heterocycles. The molecule has 0 unspecified atom stereocenters. The van der Waals surface area contributed by atoms with Crippen LogP contribution in [-0.4, -0.2) is 64.1 Å². The lowest BCUT2D eigenvalue weighted by molar-refractivity contribution is 0.0182. The van der Waals surface area contributed by atoms with Gasteiger partial charge in [0.2, 0.25) is 0 Å². The van der Waals surface area contributed by atoms with Crippen LogP contribution in [0.5, 0.6) is 0 Å². The van der Waals surface area contributed by atoms with Crippen LogP contribution in [0.1, 0.15) is 13.8 Å². The van der Waals surface area contributed by atoms with Crippen LogP contribution in [-0.2, 0) is 11.2 Å². The maximum atomic E-state index is 11.2. The van der Waals surface area contributed by atoms with E-state index in [4.69, 9.17) is 0 Å². The molecule has 2 heterocycles. The lowest BCUT2D eigenvalue weighted by atomic mass is 10.0. The molecule has 0 N–H and O–H groups in total. The van der Waals surface area contributed by atoms with Crippen LogP contribution in [0, 0.1) is 0 Å². The van der Waals surface area contributed by atoms with Gasteiger partial charge in [-0.15, -0.1) is 0 Å². The van der Waals surface area contributed by atoms with Gasteiger partial charge in [-0.1, -0.05) is 11.2 Å². The van der Waals surface area contributed by atoms with Crippen molar-refractivity contribution in [3.63, 3.8) is 0 Å². The Kier molecular flexibility index (Phi) is 3.37. The Bertz CT molecular complexity index is 187. The Hall–Kier alpha value is 0.230. The standard InChI is InChI=1S/C10H20N2OS/c1-9(2)12-7-10(8-12)11-3-5-14(13)6-4-11/h9-10H,3-8H2,1-2H3. The highest BCUT2D eigenvalue weighted by Gasteiger charge is 2.35. The van der Waals surface area contributed by atoms with Gasteiger partial charge in [0, 0.05) is 38.3 Å². The zero-order valence-corrected chi connectivity index (χ0v) is 9.92. The summed E-state index contributed by atoms with van der Waals surface area (Å²) in [6.45, 7) is 9.02. The Labute approximate surface area is 89.6 Å². The average molecular weight is 216 g/mol. The molecule has 0 aromatic rings. The second-order valence-corrected chi connectivity index (χ2v) is 6.28. The number of hydrogen-bond donors (Lipinski definition) is 0. The highest BCUT2D eigenvalue weighted by molar-refractivity contribution is 7.91. The summed E-state index contributed by atoms with van der Waals surface area (Å²) in [6.07, 6.45) is 0. The molecule has 82 valence electrons. The number of hydrogen-bond acceptors (Lipinski definition) is 3. The van der Waals surface area contributed by atoms with Gasteiger partial charge in [-0.05, 0) is 13.8 Å². The summed E-state index contributed by atoms with van der Waals surface area (Å²) in [7, 11) is 0. The van der Waals surface area contributed by atoms with Crippen molar-refractivity contribution < 1.29 is 4.55 Å². The van der Waals surface area contributed by atoms with Gasteiger partial charge in [0.15, 0.2) is 0 Å². The molecular weight excluding hydrogens is 196 g/mol. The summed E-state index contributed by atoms with van der Waals surface area (Å²) in [6, 6.07) is 1.43. The van der Waals surface area contributed by atoms with Gasteiger partial charge in [0.1, 0.15) is 11.5 Å². The van der Waals surface area contributed by atoms with Gasteiger partial charge >= 0.3 is 0 Å². The van der Waals surface area contributed by atoms with Crippen LogP contribution in [0.4, 0.5) is 0 Å². The van der Waals surface area contributed by atoms with E-state index in [2.05, 4.69) is 23.6 Å². The van der Waals surface area contributed by atoms with E-state index in [1.54, 1.807) is 0 Å². The SMILES string of the molecule is CC(C)N1CC(N2CC[S+]([O-])CC2)C1. The molecule has 2 aliphatic rings. The van der Waals surface area contributed by atoms with Crippen molar-refractivity contribution in [2.45, 2.75) is 25.9 Å². The predicted octanol–water partition coefficient (Wildman–Crippen LogP) is 0.143. The second kappa shape index (κ2) is 4.39. The van der Waals surface area contributed by atoms with E-state index in [1.807, 2.05) is 0 Å². The number of likely N-dealkylation sites (tertiary alicyclic amines) is 1. The first-order valence-electron chi connectivity index (χ1n) is 5.50. The van der Waals surface area contributed by atoms with Crippen LogP contribution in [0.25, 0.3) is 0 Å². The molecule has 14 heavy (non-hydrogen) atoms. The van der Waals surface area contributed by atoms with Crippen molar-refractivity contribution in [1.29, 1.82) is 0 Å². The van der Waals surface area contributed by atoms with E-state index in [-0.39, 0.29) is 0 Å². The number of nitrogens with zero attached hydrogens (tertiary/aromatic N) is 2. The van der Waals surface area contributed by atoms with Gasteiger partial charge in [0.25, 0.3) is 0 Å². The maximum absolute atomic E-state index is 11.2. The van der Waals surface area contributed by atoms with E-state index >= 15 is 0 Å². The van der Waals surface area contributed by atoms with Crippen molar-refractivity contribution >= 4 is 11.2 Å². The van der Waals surface area contributed by atoms with Gasteiger partial charge in [-0.25, -0.2) is 0 Å². The molecule has 0 aromatic heterocycles. The third kappa shape index (κ3) is 2.24. The lowest BCUT2D eigenvalue weighted by Gasteiger charge is -2.48. The van der Waals surface area contributed by atoms with Crippen LogP contribution in [0.15, 0.2) is 0 Å². The summed E-state index contributed by atoms with van der Waals surface area (Å²) >= 11 is -0.528. The van der Waals surface area contributed by atoms with Gasteiger partial charge in [0.05, 0.1) is 0 Å².